The minimum atomic E-state index is -0.846. The van der Waals surface area contributed by atoms with Crippen LogP contribution in [-0.2, 0) is 12.8 Å². The fourth-order valence-electron chi connectivity index (χ4n) is 1.66. The summed E-state index contributed by atoms with van der Waals surface area (Å²) in [7, 11) is 0. The quantitative estimate of drug-likeness (QED) is 0.878. The van der Waals surface area contributed by atoms with Crippen molar-refractivity contribution < 1.29 is 9.90 Å². The highest BCUT2D eigenvalue weighted by Crippen LogP contribution is 2.15. The van der Waals surface area contributed by atoms with Crippen molar-refractivity contribution in [2.45, 2.75) is 12.8 Å². The molecule has 0 amide bonds. The van der Waals surface area contributed by atoms with Gasteiger partial charge in [0.2, 0.25) is 0 Å². The first-order valence-corrected chi connectivity index (χ1v) is 5.99. The van der Waals surface area contributed by atoms with Crippen molar-refractivity contribution in [1.29, 1.82) is 0 Å². The fraction of sp³-hybridized carbons (Fsp3) is 0.154. The Bertz CT molecular complexity index is 474. The number of rotatable bonds is 4. The van der Waals surface area contributed by atoms with Crippen molar-refractivity contribution >= 4 is 17.3 Å². The van der Waals surface area contributed by atoms with E-state index in [1.54, 1.807) is 23.5 Å². The van der Waals surface area contributed by atoms with Crippen LogP contribution in [0.5, 0.6) is 0 Å². The second-order valence-electron chi connectivity index (χ2n) is 3.54. The molecule has 0 aliphatic heterocycles. The molecule has 16 heavy (non-hydrogen) atoms. The molecule has 0 spiro atoms. The van der Waals surface area contributed by atoms with Gasteiger partial charge in [-0.05, 0) is 35.9 Å². The first-order chi connectivity index (χ1) is 7.77. The van der Waals surface area contributed by atoms with E-state index >= 15 is 0 Å². The molecule has 2 aromatic rings. The van der Waals surface area contributed by atoms with E-state index in [-0.39, 0.29) is 0 Å². The van der Waals surface area contributed by atoms with Crippen LogP contribution in [0.25, 0.3) is 0 Å². The van der Waals surface area contributed by atoms with Crippen LogP contribution in [0.2, 0.25) is 0 Å². The van der Waals surface area contributed by atoms with Crippen molar-refractivity contribution in [3.05, 3.63) is 57.8 Å². The molecule has 2 rings (SSSR count). The average molecular weight is 232 g/mol. The lowest BCUT2D eigenvalue weighted by molar-refractivity contribution is 0.0695. The van der Waals surface area contributed by atoms with Crippen molar-refractivity contribution in [2.75, 3.05) is 0 Å². The van der Waals surface area contributed by atoms with Crippen LogP contribution in [0.4, 0.5) is 0 Å². The Morgan fingerprint density at radius 2 is 1.94 bits per heavy atom. The molecule has 3 heteroatoms. The van der Waals surface area contributed by atoms with E-state index in [1.165, 1.54) is 4.88 Å². The van der Waals surface area contributed by atoms with E-state index < -0.39 is 5.97 Å². The molecule has 0 bridgehead atoms. The summed E-state index contributed by atoms with van der Waals surface area (Å²) in [6.07, 6.45) is 1.69. The molecule has 1 aromatic carbocycles. The van der Waals surface area contributed by atoms with E-state index in [9.17, 15) is 4.79 Å². The van der Waals surface area contributed by atoms with Gasteiger partial charge in [-0.25, -0.2) is 4.79 Å². The van der Waals surface area contributed by atoms with Crippen LogP contribution in [0.3, 0.4) is 0 Å². The smallest absolute Gasteiger partial charge is 0.335 e. The van der Waals surface area contributed by atoms with Crippen LogP contribution < -0.4 is 0 Å². The number of carbonyl (C=O) groups is 1. The highest BCUT2D eigenvalue weighted by Gasteiger charge is 2.08. The van der Waals surface area contributed by atoms with E-state index in [0.29, 0.717) is 5.56 Å². The molecule has 0 fully saturated rings. The van der Waals surface area contributed by atoms with Gasteiger partial charge in [-0.15, -0.1) is 11.3 Å². The molecule has 1 aromatic heterocycles. The Labute approximate surface area is 98.2 Å². The lowest BCUT2D eigenvalue weighted by Gasteiger charge is -2.04. The third-order valence-electron chi connectivity index (χ3n) is 2.47. The summed E-state index contributed by atoms with van der Waals surface area (Å²) in [6, 6.07) is 11.3. The fourth-order valence-corrected chi connectivity index (χ4v) is 2.37. The number of carboxylic acid groups (broad SMARTS) is 1. The monoisotopic (exact) mass is 232 g/mol. The maximum Gasteiger partial charge on any atom is 0.335 e. The third kappa shape index (κ3) is 2.49. The number of hydrogen-bond donors (Lipinski definition) is 1. The Kier molecular flexibility index (Phi) is 3.37. The molecule has 0 unspecified atom stereocenters. The largest absolute Gasteiger partial charge is 0.478 e. The highest BCUT2D eigenvalue weighted by atomic mass is 32.1. The van der Waals surface area contributed by atoms with Crippen molar-refractivity contribution in [1.82, 2.24) is 0 Å². The zero-order valence-electron chi connectivity index (χ0n) is 8.72. The predicted molar refractivity (Wildman–Crippen MR) is 65.1 cm³/mol. The van der Waals surface area contributed by atoms with Gasteiger partial charge in [0.15, 0.2) is 0 Å². The van der Waals surface area contributed by atoms with Gasteiger partial charge in [-0.1, -0.05) is 24.3 Å². The summed E-state index contributed by atoms with van der Waals surface area (Å²) in [5, 5.41) is 11.1. The number of thiophene rings is 1. The summed E-state index contributed by atoms with van der Waals surface area (Å²) in [4.78, 5) is 12.3. The maximum atomic E-state index is 11.0. The molecular weight excluding hydrogens is 220 g/mol. The minimum Gasteiger partial charge on any atom is -0.478 e. The van der Waals surface area contributed by atoms with Crippen LogP contribution in [0, 0.1) is 0 Å². The van der Waals surface area contributed by atoms with Crippen LogP contribution in [0.1, 0.15) is 20.8 Å². The molecule has 0 aliphatic carbocycles. The van der Waals surface area contributed by atoms with Crippen molar-refractivity contribution in [3.63, 3.8) is 0 Å². The maximum absolute atomic E-state index is 11.0. The summed E-state index contributed by atoms with van der Waals surface area (Å²) in [5.74, 6) is -0.846. The normalized spacial score (nSPS) is 10.2. The number of aromatic carboxylic acids is 1. The molecule has 82 valence electrons. The third-order valence-corrected chi connectivity index (χ3v) is 3.40. The van der Waals surface area contributed by atoms with Gasteiger partial charge in [0, 0.05) is 4.88 Å². The lowest BCUT2D eigenvalue weighted by Crippen LogP contribution is -2.02. The van der Waals surface area contributed by atoms with E-state index in [4.69, 9.17) is 5.11 Å². The van der Waals surface area contributed by atoms with Gasteiger partial charge < -0.3 is 5.11 Å². The molecule has 0 atom stereocenters. The molecule has 0 saturated heterocycles. The van der Waals surface area contributed by atoms with E-state index in [0.717, 1.165) is 18.4 Å². The second kappa shape index (κ2) is 4.94. The van der Waals surface area contributed by atoms with Gasteiger partial charge in [0.05, 0.1) is 5.56 Å². The molecule has 1 heterocycles. The molecular formula is C13H12O2S. The number of carboxylic acids is 1. The standard InChI is InChI=1S/C13H12O2S/c14-13(15)12-6-2-1-4-10(12)7-8-11-5-3-9-16-11/h1-6,9H,7-8H2,(H,14,15). The number of benzene rings is 1. The van der Waals surface area contributed by atoms with E-state index in [1.807, 2.05) is 23.6 Å². The Hall–Kier alpha value is -1.61. The summed E-state index contributed by atoms with van der Waals surface area (Å²) in [5.41, 5.74) is 1.32. The van der Waals surface area contributed by atoms with E-state index in [2.05, 4.69) is 6.07 Å². The first kappa shape index (κ1) is 10.9. The SMILES string of the molecule is O=C(O)c1ccccc1CCc1cccs1. The summed E-state index contributed by atoms with van der Waals surface area (Å²) in [6.45, 7) is 0. The van der Waals surface area contributed by atoms with Gasteiger partial charge in [-0.2, -0.15) is 0 Å². The Balaban J connectivity index is 2.12. The Morgan fingerprint density at radius 1 is 1.12 bits per heavy atom. The highest BCUT2D eigenvalue weighted by molar-refractivity contribution is 7.09. The average Bonchev–Trinajstić information content (AvgIpc) is 2.79. The number of aryl methyl sites for hydroxylation is 2. The zero-order valence-corrected chi connectivity index (χ0v) is 9.54. The summed E-state index contributed by atoms with van der Waals surface area (Å²) >= 11 is 1.71. The molecule has 0 radical (unpaired) electrons. The van der Waals surface area contributed by atoms with Crippen molar-refractivity contribution in [2.24, 2.45) is 0 Å². The molecule has 1 N–H and O–H groups in total. The molecule has 0 saturated carbocycles. The van der Waals surface area contributed by atoms with Gasteiger partial charge >= 0.3 is 5.97 Å². The lowest BCUT2D eigenvalue weighted by atomic mass is 10.0. The number of hydrogen-bond acceptors (Lipinski definition) is 2. The first-order valence-electron chi connectivity index (χ1n) is 5.11. The minimum absolute atomic E-state index is 0.416. The van der Waals surface area contributed by atoms with Gasteiger partial charge in [0.25, 0.3) is 0 Å². The zero-order chi connectivity index (χ0) is 11.4. The van der Waals surface area contributed by atoms with Gasteiger partial charge in [-0.3, -0.25) is 0 Å². The Morgan fingerprint density at radius 3 is 2.62 bits per heavy atom. The predicted octanol–water partition coefficient (Wildman–Crippen LogP) is 3.23. The van der Waals surface area contributed by atoms with Crippen LogP contribution in [0.15, 0.2) is 41.8 Å². The summed E-state index contributed by atoms with van der Waals surface area (Å²) < 4.78 is 0. The topological polar surface area (TPSA) is 37.3 Å². The van der Waals surface area contributed by atoms with Crippen LogP contribution >= 0.6 is 11.3 Å². The second-order valence-corrected chi connectivity index (χ2v) is 4.57. The molecule has 0 aliphatic rings. The molecule has 2 nitrogen and oxygen atoms in total. The van der Waals surface area contributed by atoms with Crippen LogP contribution in [-0.4, -0.2) is 11.1 Å². The van der Waals surface area contributed by atoms with Crippen molar-refractivity contribution in [3.8, 4) is 0 Å². The van der Waals surface area contributed by atoms with Gasteiger partial charge in [0.1, 0.15) is 0 Å².